The first-order valence-electron chi connectivity index (χ1n) is 8.35. The van der Waals surface area contributed by atoms with Gasteiger partial charge in [-0.05, 0) is 61.5 Å². The molecule has 2 N–H and O–H groups in total. The van der Waals surface area contributed by atoms with Gasteiger partial charge in [0.15, 0.2) is 5.11 Å². The molecule has 0 spiro atoms. The van der Waals surface area contributed by atoms with Gasteiger partial charge in [-0.15, -0.1) is 0 Å². The van der Waals surface area contributed by atoms with Crippen LogP contribution in [0.3, 0.4) is 0 Å². The summed E-state index contributed by atoms with van der Waals surface area (Å²) in [5, 5.41) is 5.15. The molecule has 0 saturated carbocycles. The van der Waals surface area contributed by atoms with Crippen molar-refractivity contribution in [2.75, 3.05) is 18.4 Å². The predicted molar refractivity (Wildman–Crippen MR) is 105 cm³/mol. The van der Waals surface area contributed by atoms with Gasteiger partial charge in [-0.3, -0.25) is 10.1 Å². The highest BCUT2D eigenvalue weighted by atomic mass is 32.2. The van der Waals surface area contributed by atoms with E-state index < -0.39 is 21.7 Å². The van der Waals surface area contributed by atoms with Gasteiger partial charge in [0.2, 0.25) is 10.0 Å². The molecule has 142 valence electrons. The van der Waals surface area contributed by atoms with E-state index in [0.717, 1.165) is 12.8 Å². The van der Waals surface area contributed by atoms with Gasteiger partial charge in [0.25, 0.3) is 5.91 Å². The first-order valence-corrected chi connectivity index (χ1v) is 10.2. The molecule has 0 atom stereocenters. The van der Waals surface area contributed by atoms with Crippen LogP contribution in [0.5, 0.6) is 0 Å². The highest BCUT2D eigenvalue weighted by Gasteiger charge is 2.26. The molecule has 3 rings (SSSR count). The Hall–Kier alpha value is -2.36. The van der Waals surface area contributed by atoms with Crippen LogP contribution in [0.25, 0.3) is 0 Å². The molecule has 6 nitrogen and oxygen atoms in total. The molecule has 0 aliphatic carbocycles. The van der Waals surface area contributed by atoms with Crippen LogP contribution < -0.4 is 10.6 Å². The van der Waals surface area contributed by atoms with Crippen molar-refractivity contribution in [1.29, 1.82) is 0 Å². The zero-order valence-electron chi connectivity index (χ0n) is 14.3. The van der Waals surface area contributed by atoms with E-state index in [1.165, 1.54) is 34.6 Å². The minimum absolute atomic E-state index is 0.0154. The van der Waals surface area contributed by atoms with Crippen molar-refractivity contribution < 1.29 is 17.6 Å². The highest BCUT2D eigenvalue weighted by Crippen LogP contribution is 2.22. The number of rotatable bonds is 4. The smallest absolute Gasteiger partial charge is 0.260 e. The maximum Gasteiger partial charge on any atom is 0.260 e. The molecule has 0 radical (unpaired) electrons. The zero-order chi connectivity index (χ0) is 19.4. The van der Waals surface area contributed by atoms with Gasteiger partial charge in [0, 0.05) is 18.8 Å². The molecule has 1 saturated heterocycles. The summed E-state index contributed by atoms with van der Waals surface area (Å²) in [4.78, 5) is 12.2. The lowest BCUT2D eigenvalue weighted by Gasteiger charge is -2.16. The Bertz CT molecular complexity index is 956. The van der Waals surface area contributed by atoms with Crippen molar-refractivity contribution in [3.8, 4) is 0 Å². The molecule has 27 heavy (non-hydrogen) atoms. The van der Waals surface area contributed by atoms with E-state index in [4.69, 9.17) is 12.2 Å². The molecule has 1 heterocycles. The van der Waals surface area contributed by atoms with Gasteiger partial charge in [0.1, 0.15) is 5.82 Å². The number of nitrogens with zero attached hydrogens (tertiary/aromatic N) is 1. The van der Waals surface area contributed by atoms with Crippen molar-refractivity contribution in [3.05, 3.63) is 59.9 Å². The van der Waals surface area contributed by atoms with E-state index in [-0.39, 0.29) is 15.6 Å². The van der Waals surface area contributed by atoms with Crippen LogP contribution in [0.2, 0.25) is 0 Å². The van der Waals surface area contributed by atoms with Gasteiger partial charge in [-0.1, -0.05) is 12.1 Å². The molecular formula is C18H18FN3O3S2. The minimum Gasteiger partial charge on any atom is -0.332 e. The van der Waals surface area contributed by atoms with Crippen molar-refractivity contribution in [1.82, 2.24) is 9.62 Å². The van der Waals surface area contributed by atoms with E-state index in [2.05, 4.69) is 10.6 Å². The van der Waals surface area contributed by atoms with Gasteiger partial charge in [-0.25, -0.2) is 12.8 Å². The molecule has 0 bridgehead atoms. The number of thiocarbonyl (C=S) groups is 1. The van der Waals surface area contributed by atoms with Crippen LogP contribution in [0.1, 0.15) is 23.2 Å². The largest absolute Gasteiger partial charge is 0.332 e. The number of carbonyl (C=O) groups excluding carboxylic acids is 1. The standard InChI is InChI=1S/C18H18FN3O3S2/c19-16-6-2-1-5-15(16)17(23)21-18(26)20-13-7-9-14(10-8-13)27(24,25)22-11-3-4-12-22/h1-2,5-10H,3-4,11-12H2,(H2,20,21,23,26). The normalized spacial score (nSPS) is 14.7. The molecule has 0 unspecified atom stereocenters. The van der Waals surface area contributed by atoms with Crippen molar-refractivity contribution in [2.24, 2.45) is 0 Å². The average molecular weight is 407 g/mol. The molecule has 2 aromatic carbocycles. The number of halogens is 1. The molecule has 1 aliphatic rings. The first kappa shape index (κ1) is 19.4. The first-order chi connectivity index (χ1) is 12.9. The van der Waals surface area contributed by atoms with Crippen LogP contribution in [-0.4, -0.2) is 36.8 Å². The summed E-state index contributed by atoms with van der Waals surface area (Å²) < 4.78 is 40.1. The lowest BCUT2D eigenvalue weighted by molar-refractivity contribution is 0.0974. The number of hydrogen-bond acceptors (Lipinski definition) is 4. The van der Waals surface area contributed by atoms with E-state index in [1.807, 2.05) is 0 Å². The quantitative estimate of drug-likeness (QED) is 0.762. The van der Waals surface area contributed by atoms with E-state index in [0.29, 0.717) is 18.8 Å². The Morgan fingerprint density at radius 3 is 2.30 bits per heavy atom. The average Bonchev–Trinajstić information content (AvgIpc) is 3.18. The van der Waals surface area contributed by atoms with Crippen molar-refractivity contribution in [2.45, 2.75) is 17.7 Å². The third-order valence-corrected chi connectivity index (χ3v) is 6.28. The summed E-state index contributed by atoms with van der Waals surface area (Å²) >= 11 is 5.06. The monoisotopic (exact) mass is 407 g/mol. The van der Waals surface area contributed by atoms with Gasteiger partial charge in [-0.2, -0.15) is 4.31 Å². The molecule has 2 aromatic rings. The lowest BCUT2D eigenvalue weighted by atomic mass is 10.2. The fourth-order valence-corrected chi connectivity index (χ4v) is 4.49. The Morgan fingerprint density at radius 1 is 1.04 bits per heavy atom. The summed E-state index contributed by atoms with van der Waals surface area (Å²) in [5.41, 5.74) is 0.392. The maximum atomic E-state index is 13.6. The number of nitrogens with one attached hydrogen (secondary N) is 2. The third kappa shape index (κ3) is 4.49. The number of carbonyl (C=O) groups is 1. The maximum absolute atomic E-state index is 13.6. The molecule has 9 heteroatoms. The SMILES string of the molecule is O=C(NC(=S)Nc1ccc(S(=O)(=O)N2CCCC2)cc1)c1ccccc1F. The van der Waals surface area contributed by atoms with Crippen molar-refractivity contribution >= 4 is 38.9 Å². The second kappa shape index (κ2) is 8.12. The summed E-state index contributed by atoms with van der Waals surface area (Å²) in [6.07, 6.45) is 1.74. The molecular weight excluding hydrogens is 389 g/mol. The van der Waals surface area contributed by atoms with E-state index in [9.17, 15) is 17.6 Å². The number of benzene rings is 2. The molecule has 1 fully saturated rings. The molecule has 0 aromatic heterocycles. The van der Waals surface area contributed by atoms with Gasteiger partial charge in [0.05, 0.1) is 10.5 Å². The van der Waals surface area contributed by atoms with Gasteiger partial charge >= 0.3 is 0 Å². The van der Waals surface area contributed by atoms with Crippen LogP contribution in [-0.2, 0) is 10.0 Å². The number of anilines is 1. The van der Waals surface area contributed by atoms with Gasteiger partial charge < -0.3 is 5.32 Å². The third-order valence-electron chi connectivity index (χ3n) is 4.16. The van der Waals surface area contributed by atoms with E-state index in [1.54, 1.807) is 18.2 Å². The highest BCUT2D eigenvalue weighted by molar-refractivity contribution is 7.89. The fourth-order valence-electron chi connectivity index (χ4n) is 2.77. The number of hydrogen-bond donors (Lipinski definition) is 2. The Kier molecular flexibility index (Phi) is 5.83. The number of sulfonamides is 1. The summed E-state index contributed by atoms with van der Waals surface area (Å²) in [7, 11) is -3.48. The van der Waals surface area contributed by atoms with E-state index >= 15 is 0 Å². The molecule has 1 amide bonds. The van der Waals surface area contributed by atoms with Crippen LogP contribution in [0, 0.1) is 5.82 Å². The second-order valence-electron chi connectivity index (χ2n) is 6.02. The fraction of sp³-hybridized carbons (Fsp3) is 0.222. The second-order valence-corrected chi connectivity index (χ2v) is 8.37. The Morgan fingerprint density at radius 2 is 1.67 bits per heavy atom. The lowest BCUT2D eigenvalue weighted by Crippen LogP contribution is -2.34. The van der Waals surface area contributed by atoms with Crippen LogP contribution in [0.4, 0.5) is 10.1 Å². The van der Waals surface area contributed by atoms with Crippen molar-refractivity contribution in [3.63, 3.8) is 0 Å². The van der Waals surface area contributed by atoms with Crippen LogP contribution in [0.15, 0.2) is 53.4 Å². The summed E-state index contributed by atoms with van der Waals surface area (Å²) in [6.45, 7) is 1.07. The summed E-state index contributed by atoms with van der Waals surface area (Å²) in [5.74, 6) is -1.31. The Balaban J connectivity index is 1.63. The summed E-state index contributed by atoms with van der Waals surface area (Å²) in [6, 6.07) is 11.7. The topological polar surface area (TPSA) is 78.5 Å². The zero-order valence-corrected chi connectivity index (χ0v) is 15.9. The Labute approximate surface area is 162 Å². The minimum atomic E-state index is -3.48. The van der Waals surface area contributed by atoms with Crippen LogP contribution >= 0.6 is 12.2 Å². The predicted octanol–water partition coefficient (Wildman–Crippen LogP) is 2.74. The molecule has 1 aliphatic heterocycles. The number of amides is 1.